The zero-order valence-electron chi connectivity index (χ0n) is 8.17. The summed E-state index contributed by atoms with van der Waals surface area (Å²) in [6.45, 7) is 0. The number of hydrogen-bond acceptors (Lipinski definition) is 3. The van der Waals surface area contributed by atoms with Crippen LogP contribution in [-0.4, -0.2) is 18.9 Å². The largest absolute Gasteiger partial charge is 0.463 e. The molecule has 0 aromatic heterocycles. The van der Waals surface area contributed by atoms with Gasteiger partial charge in [-0.05, 0) is 23.8 Å². The number of esters is 1. The van der Waals surface area contributed by atoms with E-state index >= 15 is 0 Å². The van der Waals surface area contributed by atoms with E-state index in [-0.39, 0.29) is 0 Å². The topological polar surface area (TPSA) is 43.4 Å². The number of hydrogen-bond donors (Lipinski definition) is 0. The van der Waals surface area contributed by atoms with Crippen molar-refractivity contribution in [3.8, 4) is 0 Å². The number of benzene rings is 1. The fourth-order valence-corrected chi connectivity index (χ4v) is 1.83. The Labute approximate surface area is 107 Å². The van der Waals surface area contributed by atoms with Crippen LogP contribution in [0.1, 0.15) is 10.9 Å². The monoisotopic (exact) mass is 280 g/mol. The average molecular weight is 282 g/mol. The molecule has 0 saturated carbocycles. The number of carbonyl (C=O) groups is 2. The first-order valence-electron chi connectivity index (χ1n) is 4.18. The standard InChI is InChI=1S/C10H7Cl3O3/c1-16-10(15)9(14)8(13)5-2-6(11)4-7(12)3-5/h2-4,8H,1H3. The van der Waals surface area contributed by atoms with Crippen molar-refractivity contribution in [2.24, 2.45) is 0 Å². The summed E-state index contributed by atoms with van der Waals surface area (Å²) < 4.78 is 4.28. The average Bonchev–Trinajstić information content (AvgIpc) is 2.24. The normalized spacial score (nSPS) is 12.0. The van der Waals surface area contributed by atoms with Gasteiger partial charge in [0.1, 0.15) is 5.38 Å². The lowest BCUT2D eigenvalue weighted by atomic mass is 10.1. The van der Waals surface area contributed by atoms with Gasteiger partial charge in [-0.2, -0.15) is 0 Å². The summed E-state index contributed by atoms with van der Waals surface area (Å²) >= 11 is 17.3. The second-order valence-electron chi connectivity index (χ2n) is 2.92. The Balaban J connectivity index is 3.00. The number of halogens is 3. The van der Waals surface area contributed by atoms with Crippen molar-refractivity contribution in [3.05, 3.63) is 33.8 Å². The number of Topliss-reactive ketones (excluding diaryl/α,β-unsaturated/α-hetero) is 1. The second kappa shape index (κ2) is 5.53. The van der Waals surface area contributed by atoms with Crippen LogP contribution in [0.15, 0.2) is 18.2 Å². The van der Waals surface area contributed by atoms with Crippen molar-refractivity contribution in [3.63, 3.8) is 0 Å². The number of ketones is 1. The molecular formula is C10H7Cl3O3. The van der Waals surface area contributed by atoms with Gasteiger partial charge in [0.2, 0.25) is 0 Å². The zero-order chi connectivity index (χ0) is 12.3. The molecule has 0 bridgehead atoms. The number of methoxy groups -OCH3 is 1. The first kappa shape index (κ1) is 13.3. The number of carbonyl (C=O) groups excluding carboxylic acids is 2. The van der Waals surface area contributed by atoms with Crippen molar-refractivity contribution in [2.75, 3.05) is 7.11 Å². The first-order valence-corrected chi connectivity index (χ1v) is 5.37. The molecule has 0 saturated heterocycles. The molecule has 0 N–H and O–H groups in total. The van der Waals surface area contributed by atoms with Crippen LogP contribution in [0.3, 0.4) is 0 Å². The van der Waals surface area contributed by atoms with E-state index in [4.69, 9.17) is 34.8 Å². The van der Waals surface area contributed by atoms with Crippen molar-refractivity contribution in [2.45, 2.75) is 5.38 Å². The Kier molecular flexibility index (Phi) is 4.59. The Hall–Kier alpha value is -0.770. The first-order chi connectivity index (χ1) is 7.45. The molecule has 0 aliphatic heterocycles. The quantitative estimate of drug-likeness (QED) is 0.486. The van der Waals surface area contributed by atoms with E-state index in [0.717, 1.165) is 7.11 Å². The number of rotatable bonds is 3. The lowest BCUT2D eigenvalue weighted by molar-refractivity contribution is -0.151. The Morgan fingerprint density at radius 1 is 1.19 bits per heavy atom. The van der Waals surface area contributed by atoms with Gasteiger partial charge in [-0.1, -0.05) is 23.2 Å². The molecule has 1 unspecified atom stereocenters. The molecule has 16 heavy (non-hydrogen) atoms. The molecule has 0 radical (unpaired) electrons. The van der Waals surface area contributed by atoms with Gasteiger partial charge in [0.25, 0.3) is 5.78 Å². The van der Waals surface area contributed by atoms with Gasteiger partial charge in [-0.25, -0.2) is 4.79 Å². The van der Waals surface area contributed by atoms with Crippen molar-refractivity contribution in [1.29, 1.82) is 0 Å². The van der Waals surface area contributed by atoms with Crippen LogP contribution in [-0.2, 0) is 14.3 Å². The van der Waals surface area contributed by atoms with Gasteiger partial charge in [0.15, 0.2) is 0 Å². The lowest BCUT2D eigenvalue weighted by Gasteiger charge is -2.08. The molecule has 0 fully saturated rings. The van der Waals surface area contributed by atoms with Crippen LogP contribution in [0.5, 0.6) is 0 Å². The third-order valence-corrected chi connectivity index (χ3v) is 2.68. The molecule has 1 aromatic carbocycles. The molecule has 0 aliphatic rings. The highest BCUT2D eigenvalue weighted by molar-refractivity contribution is 6.47. The number of ether oxygens (including phenoxy) is 1. The van der Waals surface area contributed by atoms with E-state index in [1.54, 1.807) is 0 Å². The van der Waals surface area contributed by atoms with Crippen molar-refractivity contribution in [1.82, 2.24) is 0 Å². The molecule has 1 aromatic rings. The van der Waals surface area contributed by atoms with Crippen LogP contribution in [0, 0.1) is 0 Å². The molecule has 0 spiro atoms. The predicted molar refractivity (Wildman–Crippen MR) is 62.1 cm³/mol. The zero-order valence-corrected chi connectivity index (χ0v) is 10.4. The van der Waals surface area contributed by atoms with E-state index in [1.807, 2.05) is 0 Å². The summed E-state index contributed by atoms with van der Waals surface area (Å²) in [5, 5.41) is -0.472. The van der Waals surface area contributed by atoms with Gasteiger partial charge in [-0.15, -0.1) is 11.6 Å². The second-order valence-corrected chi connectivity index (χ2v) is 4.23. The Morgan fingerprint density at radius 2 is 1.69 bits per heavy atom. The van der Waals surface area contributed by atoms with E-state index in [0.29, 0.717) is 15.6 Å². The maximum absolute atomic E-state index is 11.4. The molecule has 1 atom stereocenters. The van der Waals surface area contributed by atoms with Gasteiger partial charge in [-0.3, -0.25) is 4.79 Å². The van der Waals surface area contributed by atoms with E-state index in [2.05, 4.69) is 4.74 Å². The van der Waals surface area contributed by atoms with E-state index < -0.39 is 17.1 Å². The van der Waals surface area contributed by atoms with Gasteiger partial charge >= 0.3 is 5.97 Å². The molecule has 0 heterocycles. The summed E-state index contributed by atoms with van der Waals surface area (Å²) in [4.78, 5) is 22.4. The van der Waals surface area contributed by atoms with Crippen LogP contribution >= 0.6 is 34.8 Å². The maximum atomic E-state index is 11.4. The molecule has 0 aliphatic carbocycles. The molecule has 0 amide bonds. The van der Waals surface area contributed by atoms with E-state index in [1.165, 1.54) is 18.2 Å². The fraction of sp³-hybridized carbons (Fsp3) is 0.200. The maximum Gasteiger partial charge on any atom is 0.376 e. The van der Waals surface area contributed by atoms with Crippen LogP contribution in [0.25, 0.3) is 0 Å². The van der Waals surface area contributed by atoms with Crippen LogP contribution in [0.4, 0.5) is 0 Å². The van der Waals surface area contributed by atoms with E-state index in [9.17, 15) is 9.59 Å². The molecular weight excluding hydrogens is 274 g/mol. The highest BCUT2D eigenvalue weighted by Crippen LogP contribution is 2.28. The molecule has 86 valence electrons. The highest BCUT2D eigenvalue weighted by atomic mass is 35.5. The van der Waals surface area contributed by atoms with Gasteiger partial charge in [0, 0.05) is 10.0 Å². The van der Waals surface area contributed by atoms with Crippen molar-refractivity contribution >= 4 is 46.6 Å². The fourth-order valence-electron chi connectivity index (χ4n) is 1.08. The van der Waals surface area contributed by atoms with Gasteiger partial charge in [0.05, 0.1) is 7.11 Å². The summed E-state index contributed by atoms with van der Waals surface area (Å²) in [6.07, 6.45) is 0. The summed E-state index contributed by atoms with van der Waals surface area (Å²) in [7, 11) is 1.11. The van der Waals surface area contributed by atoms with Gasteiger partial charge < -0.3 is 4.74 Å². The van der Waals surface area contributed by atoms with Crippen LogP contribution in [0.2, 0.25) is 10.0 Å². The summed E-state index contributed by atoms with van der Waals surface area (Å²) in [6, 6.07) is 4.43. The highest BCUT2D eigenvalue weighted by Gasteiger charge is 2.26. The Morgan fingerprint density at radius 3 is 2.12 bits per heavy atom. The number of alkyl halides is 1. The molecule has 6 heteroatoms. The molecule has 3 nitrogen and oxygen atoms in total. The minimum atomic E-state index is -1.15. The van der Waals surface area contributed by atoms with Crippen LogP contribution < -0.4 is 0 Å². The predicted octanol–water partition coefficient (Wildman–Crippen LogP) is 3.02. The summed E-state index contributed by atoms with van der Waals surface area (Å²) in [5.41, 5.74) is 0.356. The lowest BCUT2D eigenvalue weighted by Crippen LogP contribution is -2.20. The summed E-state index contributed by atoms with van der Waals surface area (Å²) in [5.74, 6) is -1.86. The smallest absolute Gasteiger partial charge is 0.376 e. The minimum absolute atomic E-state index is 0.339. The third kappa shape index (κ3) is 3.11. The van der Waals surface area contributed by atoms with Crippen molar-refractivity contribution < 1.29 is 14.3 Å². The minimum Gasteiger partial charge on any atom is -0.463 e. The molecule has 1 rings (SSSR count). The third-order valence-electron chi connectivity index (χ3n) is 1.79. The Bertz CT molecular complexity index is 411. The SMILES string of the molecule is COC(=O)C(=O)C(Cl)c1cc(Cl)cc(Cl)c1.